The summed E-state index contributed by atoms with van der Waals surface area (Å²) in [6.45, 7) is 2.69. The van der Waals surface area contributed by atoms with Gasteiger partial charge in [-0.05, 0) is 51.9 Å². The predicted octanol–water partition coefficient (Wildman–Crippen LogP) is 2.13. The number of para-hydroxylation sites is 1. The Bertz CT molecular complexity index is 506. The van der Waals surface area contributed by atoms with Gasteiger partial charge in [0.1, 0.15) is 0 Å². The Morgan fingerprint density at radius 3 is 2.45 bits per heavy atom. The first-order valence-corrected chi connectivity index (χ1v) is 7.15. The van der Waals surface area contributed by atoms with Crippen molar-refractivity contribution in [2.45, 2.75) is 31.7 Å². The molecule has 2 N–H and O–H groups in total. The lowest BCUT2D eigenvalue weighted by Gasteiger charge is -2.49. The highest BCUT2D eigenvalue weighted by molar-refractivity contribution is 5.99. The number of amides is 1. The smallest absolute Gasteiger partial charge is 0.255 e. The van der Waals surface area contributed by atoms with Crippen molar-refractivity contribution in [3.8, 4) is 0 Å². The molecule has 0 aromatic heterocycles. The van der Waals surface area contributed by atoms with E-state index in [2.05, 4.69) is 19.0 Å². The molecule has 1 amide bonds. The van der Waals surface area contributed by atoms with E-state index in [9.17, 15) is 4.79 Å². The molecule has 0 radical (unpaired) electrons. The van der Waals surface area contributed by atoms with Gasteiger partial charge in [-0.25, -0.2) is 0 Å². The van der Waals surface area contributed by atoms with E-state index in [1.54, 1.807) is 0 Å². The molecule has 20 heavy (non-hydrogen) atoms. The summed E-state index contributed by atoms with van der Waals surface area (Å²) >= 11 is 0. The van der Waals surface area contributed by atoms with E-state index in [-0.39, 0.29) is 11.4 Å². The third-order valence-corrected chi connectivity index (χ3v) is 4.67. The van der Waals surface area contributed by atoms with E-state index in [4.69, 9.17) is 5.73 Å². The SMILES string of the molecule is Cc1cccc(C(=O)N(C)CC2(N(C)C)CCC2)c1N. The van der Waals surface area contributed by atoms with E-state index in [0.29, 0.717) is 11.3 Å². The highest BCUT2D eigenvalue weighted by Gasteiger charge is 2.40. The third-order valence-electron chi connectivity index (χ3n) is 4.67. The molecule has 4 heteroatoms. The monoisotopic (exact) mass is 275 g/mol. The minimum absolute atomic E-state index is 0.0133. The molecule has 1 aromatic rings. The van der Waals surface area contributed by atoms with E-state index in [1.807, 2.05) is 37.1 Å². The number of hydrogen-bond donors (Lipinski definition) is 1. The maximum Gasteiger partial charge on any atom is 0.255 e. The summed E-state index contributed by atoms with van der Waals surface area (Å²) in [5.74, 6) is 0.0133. The second-order valence-corrected chi connectivity index (χ2v) is 6.17. The molecule has 0 unspecified atom stereocenters. The van der Waals surface area contributed by atoms with Crippen molar-refractivity contribution in [3.63, 3.8) is 0 Å². The number of aryl methyl sites for hydroxylation is 1. The Morgan fingerprint density at radius 2 is 1.95 bits per heavy atom. The fourth-order valence-corrected chi connectivity index (χ4v) is 2.92. The van der Waals surface area contributed by atoms with Crippen LogP contribution in [0.3, 0.4) is 0 Å². The number of rotatable bonds is 4. The van der Waals surface area contributed by atoms with Crippen LogP contribution in [0.15, 0.2) is 18.2 Å². The lowest BCUT2D eigenvalue weighted by atomic mass is 9.75. The summed E-state index contributed by atoms with van der Waals surface area (Å²) in [7, 11) is 6.06. The Kier molecular flexibility index (Phi) is 4.04. The molecular weight excluding hydrogens is 250 g/mol. The zero-order valence-corrected chi connectivity index (χ0v) is 12.9. The lowest BCUT2D eigenvalue weighted by molar-refractivity contribution is 0.0253. The molecule has 1 saturated carbocycles. The first-order valence-electron chi connectivity index (χ1n) is 7.15. The third kappa shape index (κ3) is 2.52. The second-order valence-electron chi connectivity index (χ2n) is 6.17. The molecule has 1 aromatic carbocycles. The Morgan fingerprint density at radius 1 is 1.30 bits per heavy atom. The van der Waals surface area contributed by atoms with Crippen molar-refractivity contribution in [2.24, 2.45) is 0 Å². The predicted molar refractivity (Wildman–Crippen MR) is 82.8 cm³/mol. The van der Waals surface area contributed by atoms with Gasteiger partial charge in [0.25, 0.3) is 5.91 Å². The molecule has 110 valence electrons. The van der Waals surface area contributed by atoms with Gasteiger partial charge in [0.2, 0.25) is 0 Å². The fraction of sp³-hybridized carbons (Fsp3) is 0.562. The van der Waals surface area contributed by atoms with Crippen molar-refractivity contribution < 1.29 is 4.79 Å². The van der Waals surface area contributed by atoms with Gasteiger partial charge in [0, 0.05) is 24.8 Å². The molecule has 1 fully saturated rings. The molecule has 0 heterocycles. The largest absolute Gasteiger partial charge is 0.398 e. The lowest BCUT2D eigenvalue weighted by Crippen LogP contribution is -2.57. The van der Waals surface area contributed by atoms with Crippen LogP contribution >= 0.6 is 0 Å². The van der Waals surface area contributed by atoms with Gasteiger partial charge < -0.3 is 15.5 Å². The van der Waals surface area contributed by atoms with Crippen molar-refractivity contribution >= 4 is 11.6 Å². The average Bonchev–Trinajstić information content (AvgIpc) is 2.35. The quantitative estimate of drug-likeness (QED) is 0.856. The summed E-state index contributed by atoms with van der Waals surface area (Å²) < 4.78 is 0. The van der Waals surface area contributed by atoms with Crippen LogP contribution in [0.4, 0.5) is 5.69 Å². The fourth-order valence-electron chi connectivity index (χ4n) is 2.92. The highest BCUT2D eigenvalue weighted by Crippen LogP contribution is 2.37. The first kappa shape index (κ1) is 14.9. The van der Waals surface area contributed by atoms with E-state index in [1.165, 1.54) is 6.42 Å². The Labute approximate surface area is 121 Å². The Balaban J connectivity index is 2.15. The average molecular weight is 275 g/mol. The number of benzene rings is 1. The summed E-state index contributed by atoms with van der Waals surface area (Å²) in [5.41, 5.74) is 8.34. The molecule has 0 atom stereocenters. The van der Waals surface area contributed by atoms with Crippen molar-refractivity contribution in [3.05, 3.63) is 29.3 Å². The van der Waals surface area contributed by atoms with E-state index >= 15 is 0 Å². The zero-order chi connectivity index (χ0) is 14.9. The number of hydrogen-bond acceptors (Lipinski definition) is 3. The molecule has 1 aliphatic carbocycles. The number of anilines is 1. The summed E-state index contributed by atoms with van der Waals surface area (Å²) in [4.78, 5) is 16.6. The zero-order valence-electron chi connectivity index (χ0n) is 12.9. The molecule has 2 rings (SSSR count). The van der Waals surface area contributed by atoms with Crippen LogP contribution in [-0.2, 0) is 0 Å². The van der Waals surface area contributed by atoms with Crippen LogP contribution in [0.25, 0.3) is 0 Å². The van der Waals surface area contributed by atoms with Gasteiger partial charge >= 0.3 is 0 Å². The minimum Gasteiger partial charge on any atom is -0.398 e. The van der Waals surface area contributed by atoms with Crippen LogP contribution in [0, 0.1) is 6.92 Å². The van der Waals surface area contributed by atoms with Crippen molar-refractivity contribution in [2.75, 3.05) is 33.4 Å². The number of nitrogens with zero attached hydrogens (tertiary/aromatic N) is 2. The molecule has 0 bridgehead atoms. The van der Waals surface area contributed by atoms with E-state index in [0.717, 1.165) is 24.9 Å². The van der Waals surface area contributed by atoms with Crippen LogP contribution in [-0.4, -0.2) is 48.9 Å². The molecule has 0 spiro atoms. The van der Waals surface area contributed by atoms with Gasteiger partial charge in [-0.1, -0.05) is 12.1 Å². The van der Waals surface area contributed by atoms with Crippen LogP contribution in [0.5, 0.6) is 0 Å². The van der Waals surface area contributed by atoms with Gasteiger partial charge in [-0.3, -0.25) is 4.79 Å². The normalized spacial score (nSPS) is 16.9. The standard InChI is InChI=1S/C16H25N3O/c1-12-7-5-8-13(14(12)17)15(20)19(4)11-16(18(2)3)9-6-10-16/h5,7-8H,6,9-11,17H2,1-4H3. The van der Waals surface area contributed by atoms with Gasteiger partial charge in [-0.2, -0.15) is 0 Å². The van der Waals surface area contributed by atoms with Crippen molar-refractivity contribution in [1.29, 1.82) is 0 Å². The number of likely N-dealkylation sites (N-methyl/N-ethyl adjacent to an activating group) is 2. The summed E-state index contributed by atoms with van der Waals surface area (Å²) in [5, 5.41) is 0. The van der Waals surface area contributed by atoms with Crippen molar-refractivity contribution in [1.82, 2.24) is 9.80 Å². The van der Waals surface area contributed by atoms with Crippen LogP contribution in [0.1, 0.15) is 35.2 Å². The topological polar surface area (TPSA) is 49.6 Å². The number of carbonyl (C=O) groups is 1. The maximum atomic E-state index is 12.6. The molecular formula is C16H25N3O. The molecule has 4 nitrogen and oxygen atoms in total. The van der Waals surface area contributed by atoms with E-state index < -0.39 is 0 Å². The molecule has 0 saturated heterocycles. The van der Waals surface area contributed by atoms with Gasteiger partial charge in [0.15, 0.2) is 0 Å². The number of carbonyl (C=O) groups excluding carboxylic acids is 1. The maximum absolute atomic E-state index is 12.6. The molecule has 1 aliphatic rings. The Hall–Kier alpha value is -1.55. The summed E-state index contributed by atoms with van der Waals surface area (Å²) in [6.07, 6.45) is 3.55. The van der Waals surface area contributed by atoms with Gasteiger partial charge in [-0.15, -0.1) is 0 Å². The van der Waals surface area contributed by atoms with Gasteiger partial charge in [0.05, 0.1) is 5.56 Å². The highest BCUT2D eigenvalue weighted by atomic mass is 16.2. The van der Waals surface area contributed by atoms with Crippen LogP contribution < -0.4 is 5.73 Å². The number of nitrogens with two attached hydrogens (primary N) is 1. The molecule has 0 aliphatic heterocycles. The number of nitrogen functional groups attached to an aromatic ring is 1. The second kappa shape index (κ2) is 5.44. The van der Waals surface area contributed by atoms with Crippen LogP contribution in [0.2, 0.25) is 0 Å². The summed E-state index contributed by atoms with van der Waals surface area (Å²) in [6, 6.07) is 5.63. The first-order chi connectivity index (χ1) is 9.37. The minimum atomic E-state index is 0.0133.